The number of rotatable bonds is 3. The van der Waals surface area contributed by atoms with E-state index in [1.165, 1.54) is 12.1 Å². The number of aromatic hydroxyl groups is 1. The first-order valence-corrected chi connectivity index (χ1v) is 9.66. The first kappa shape index (κ1) is 18.7. The Kier molecular flexibility index (Phi) is 4.55. The SMILES string of the molecule is O=C1CC(c2cccc(-n3ccnc3)c2)=Nc2ccc(-c3ccc(F)cc3O)cc2N1. The van der Waals surface area contributed by atoms with E-state index in [1.807, 2.05) is 35.0 Å². The first-order chi connectivity index (χ1) is 15.1. The average molecular weight is 412 g/mol. The van der Waals surface area contributed by atoms with Crippen molar-refractivity contribution < 1.29 is 14.3 Å². The molecule has 3 aromatic carbocycles. The number of phenolic OH excluding ortho intramolecular Hbond substituents is 1. The molecule has 7 heteroatoms. The number of nitrogens with zero attached hydrogens (tertiary/aromatic N) is 3. The second kappa shape index (κ2) is 7.53. The minimum atomic E-state index is -0.517. The highest BCUT2D eigenvalue weighted by Gasteiger charge is 2.19. The number of fused-ring (bicyclic) bond motifs is 1. The number of imidazole rings is 1. The van der Waals surface area contributed by atoms with Gasteiger partial charge in [-0.1, -0.05) is 18.2 Å². The summed E-state index contributed by atoms with van der Waals surface area (Å²) in [5.41, 5.74) is 4.68. The molecule has 0 spiro atoms. The molecule has 1 aliphatic heterocycles. The fraction of sp³-hybridized carbons (Fsp3) is 0.0417. The lowest BCUT2D eigenvalue weighted by atomic mass is 10.0. The van der Waals surface area contributed by atoms with Gasteiger partial charge in [-0.2, -0.15) is 0 Å². The summed E-state index contributed by atoms with van der Waals surface area (Å²) >= 11 is 0. The van der Waals surface area contributed by atoms with Crippen LogP contribution in [0.4, 0.5) is 15.8 Å². The summed E-state index contributed by atoms with van der Waals surface area (Å²) in [6, 6.07) is 16.9. The fourth-order valence-corrected chi connectivity index (χ4v) is 3.61. The van der Waals surface area contributed by atoms with Crippen molar-refractivity contribution in [2.24, 2.45) is 4.99 Å². The molecular formula is C24H17FN4O2. The van der Waals surface area contributed by atoms with Crippen molar-refractivity contribution in [3.63, 3.8) is 0 Å². The smallest absolute Gasteiger partial charge is 0.230 e. The van der Waals surface area contributed by atoms with Gasteiger partial charge < -0.3 is 15.0 Å². The van der Waals surface area contributed by atoms with Gasteiger partial charge in [0, 0.05) is 29.7 Å². The summed E-state index contributed by atoms with van der Waals surface area (Å²) in [7, 11) is 0. The van der Waals surface area contributed by atoms with E-state index in [0.717, 1.165) is 17.3 Å². The van der Waals surface area contributed by atoms with Gasteiger partial charge in [0.1, 0.15) is 11.6 Å². The second-order valence-electron chi connectivity index (χ2n) is 7.20. The normalized spacial score (nSPS) is 13.2. The molecule has 5 rings (SSSR count). The maximum atomic E-state index is 13.3. The molecule has 0 saturated heterocycles. The number of aliphatic imine (C=N–C) groups is 1. The van der Waals surface area contributed by atoms with E-state index in [0.29, 0.717) is 28.2 Å². The van der Waals surface area contributed by atoms with E-state index in [2.05, 4.69) is 10.3 Å². The molecule has 6 nitrogen and oxygen atoms in total. The zero-order valence-corrected chi connectivity index (χ0v) is 16.3. The standard InChI is InChI=1S/C24H17FN4O2/c25-17-5-6-19(23(30)12-17)15-4-7-20-22(11-15)28-24(31)13-21(27-20)16-2-1-3-18(10-16)29-9-8-26-14-29/h1-12,14,30H,13H2,(H,28,31). The van der Waals surface area contributed by atoms with Gasteiger partial charge in [-0.25, -0.2) is 9.37 Å². The van der Waals surface area contributed by atoms with E-state index in [1.54, 1.807) is 30.7 Å². The number of anilines is 1. The molecule has 0 atom stereocenters. The Morgan fingerprint density at radius 2 is 1.94 bits per heavy atom. The van der Waals surface area contributed by atoms with Gasteiger partial charge in [0.15, 0.2) is 0 Å². The van der Waals surface area contributed by atoms with Crippen molar-refractivity contribution in [2.75, 3.05) is 5.32 Å². The molecule has 0 unspecified atom stereocenters. The molecule has 1 amide bonds. The maximum absolute atomic E-state index is 13.3. The van der Waals surface area contributed by atoms with Crippen LogP contribution in [0.2, 0.25) is 0 Å². The first-order valence-electron chi connectivity index (χ1n) is 9.66. The lowest BCUT2D eigenvalue weighted by Gasteiger charge is -2.09. The summed E-state index contributed by atoms with van der Waals surface area (Å²) in [6.45, 7) is 0. The molecule has 2 heterocycles. The molecule has 0 fully saturated rings. The Bertz CT molecular complexity index is 1330. The Hall–Kier alpha value is -4.26. The quantitative estimate of drug-likeness (QED) is 0.505. The van der Waals surface area contributed by atoms with Gasteiger partial charge in [-0.3, -0.25) is 9.79 Å². The van der Waals surface area contributed by atoms with Gasteiger partial charge in [0.2, 0.25) is 5.91 Å². The molecule has 4 aromatic rings. The summed E-state index contributed by atoms with van der Waals surface area (Å²) in [6.07, 6.45) is 5.39. The number of hydrogen-bond donors (Lipinski definition) is 2. The van der Waals surface area contributed by atoms with Crippen LogP contribution < -0.4 is 5.32 Å². The van der Waals surface area contributed by atoms with Crippen LogP contribution in [0.15, 0.2) is 84.4 Å². The van der Waals surface area contributed by atoms with Crippen LogP contribution in [0, 0.1) is 5.82 Å². The summed E-state index contributed by atoms with van der Waals surface area (Å²) < 4.78 is 15.2. The number of aromatic nitrogens is 2. The maximum Gasteiger partial charge on any atom is 0.230 e. The molecule has 1 aliphatic rings. The number of phenols is 1. The highest BCUT2D eigenvalue weighted by Crippen LogP contribution is 2.36. The van der Waals surface area contributed by atoms with Crippen LogP contribution in [-0.4, -0.2) is 26.3 Å². The van der Waals surface area contributed by atoms with Crippen LogP contribution in [0.1, 0.15) is 12.0 Å². The molecule has 0 radical (unpaired) electrons. The number of benzene rings is 3. The predicted molar refractivity (Wildman–Crippen MR) is 117 cm³/mol. The van der Waals surface area contributed by atoms with Crippen LogP contribution in [-0.2, 0) is 4.79 Å². The number of nitrogens with one attached hydrogen (secondary N) is 1. The third kappa shape index (κ3) is 3.69. The van der Waals surface area contributed by atoms with E-state index in [-0.39, 0.29) is 18.1 Å². The minimum absolute atomic E-state index is 0.124. The molecule has 1 aromatic heterocycles. The van der Waals surface area contributed by atoms with Crippen molar-refractivity contribution >= 4 is 23.0 Å². The third-order valence-corrected chi connectivity index (χ3v) is 5.11. The molecular weight excluding hydrogens is 395 g/mol. The predicted octanol–water partition coefficient (Wildman–Crippen LogP) is 4.85. The highest BCUT2D eigenvalue weighted by atomic mass is 19.1. The molecule has 152 valence electrons. The van der Waals surface area contributed by atoms with Crippen LogP contribution in [0.25, 0.3) is 16.8 Å². The van der Waals surface area contributed by atoms with E-state index in [9.17, 15) is 14.3 Å². The lowest BCUT2D eigenvalue weighted by molar-refractivity contribution is -0.115. The number of carbonyl (C=O) groups is 1. The van der Waals surface area contributed by atoms with E-state index < -0.39 is 5.82 Å². The van der Waals surface area contributed by atoms with Gasteiger partial charge in [-0.15, -0.1) is 0 Å². The van der Waals surface area contributed by atoms with Crippen LogP contribution in [0.3, 0.4) is 0 Å². The summed E-state index contributed by atoms with van der Waals surface area (Å²) in [4.78, 5) is 21.4. The van der Waals surface area contributed by atoms with Crippen LogP contribution in [0.5, 0.6) is 5.75 Å². The zero-order valence-electron chi connectivity index (χ0n) is 16.3. The van der Waals surface area contributed by atoms with Crippen LogP contribution >= 0.6 is 0 Å². The van der Waals surface area contributed by atoms with E-state index in [4.69, 9.17) is 4.99 Å². The number of carbonyl (C=O) groups excluding carboxylic acids is 1. The van der Waals surface area contributed by atoms with Gasteiger partial charge in [-0.05, 0) is 47.5 Å². The average Bonchev–Trinajstić information content (AvgIpc) is 3.24. The number of hydrogen-bond acceptors (Lipinski definition) is 4. The van der Waals surface area contributed by atoms with Crippen molar-refractivity contribution in [3.05, 3.63) is 90.8 Å². The Balaban J connectivity index is 1.55. The zero-order chi connectivity index (χ0) is 21.4. The monoisotopic (exact) mass is 412 g/mol. The number of halogens is 1. The topological polar surface area (TPSA) is 79.5 Å². The fourth-order valence-electron chi connectivity index (χ4n) is 3.61. The Morgan fingerprint density at radius 1 is 1.03 bits per heavy atom. The highest BCUT2D eigenvalue weighted by molar-refractivity contribution is 6.17. The molecule has 0 bridgehead atoms. The minimum Gasteiger partial charge on any atom is -0.507 e. The molecule has 0 saturated carbocycles. The van der Waals surface area contributed by atoms with Crippen molar-refractivity contribution in [1.29, 1.82) is 0 Å². The van der Waals surface area contributed by atoms with Crippen molar-refractivity contribution in [2.45, 2.75) is 6.42 Å². The van der Waals surface area contributed by atoms with Gasteiger partial charge in [0.05, 0.1) is 29.8 Å². The number of amides is 1. The van der Waals surface area contributed by atoms with Gasteiger partial charge in [0.25, 0.3) is 0 Å². The largest absolute Gasteiger partial charge is 0.507 e. The second-order valence-corrected chi connectivity index (χ2v) is 7.20. The molecule has 2 N–H and O–H groups in total. The molecule has 31 heavy (non-hydrogen) atoms. The van der Waals surface area contributed by atoms with Crippen molar-refractivity contribution in [3.8, 4) is 22.6 Å². The molecule has 0 aliphatic carbocycles. The van der Waals surface area contributed by atoms with E-state index >= 15 is 0 Å². The Morgan fingerprint density at radius 3 is 2.74 bits per heavy atom. The Labute approximate surface area is 177 Å². The summed E-state index contributed by atoms with van der Waals surface area (Å²) in [5, 5.41) is 13.0. The van der Waals surface area contributed by atoms with Crippen molar-refractivity contribution in [1.82, 2.24) is 9.55 Å². The lowest BCUT2D eigenvalue weighted by Crippen LogP contribution is -2.15. The van der Waals surface area contributed by atoms with Gasteiger partial charge >= 0.3 is 0 Å². The third-order valence-electron chi connectivity index (χ3n) is 5.11. The summed E-state index contributed by atoms with van der Waals surface area (Å²) in [5.74, 6) is -0.872.